The molecule has 0 saturated heterocycles. The van der Waals surface area contributed by atoms with Crippen LogP contribution < -0.4 is 5.32 Å². The predicted octanol–water partition coefficient (Wildman–Crippen LogP) is 2.62. The number of sulfone groups is 1. The van der Waals surface area contributed by atoms with Crippen LogP contribution in [0.25, 0.3) is 0 Å². The fourth-order valence-electron chi connectivity index (χ4n) is 3.33. The van der Waals surface area contributed by atoms with E-state index in [0.717, 1.165) is 5.56 Å². The smallest absolute Gasteiger partial charge is 0.413 e. The van der Waals surface area contributed by atoms with Gasteiger partial charge in [0.25, 0.3) is 0 Å². The van der Waals surface area contributed by atoms with Crippen molar-refractivity contribution in [2.45, 2.75) is 11.4 Å². The van der Waals surface area contributed by atoms with Crippen molar-refractivity contribution in [2.75, 3.05) is 32.6 Å². The van der Waals surface area contributed by atoms with Crippen molar-refractivity contribution in [3.63, 3.8) is 0 Å². The van der Waals surface area contributed by atoms with Crippen molar-refractivity contribution in [2.24, 2.45) is 4.99 Å². The third-order valence-corrected chi connectivity index (χ3v) is 7.12. The summed E-state index contributed by atoms with van der Waals surface area (Å²) >= 11 is 5.95. The molecule has 0 unspecified atom stereocenters. The highest BCUT2D eigenvalue weighted by atomic mass is 35.5. The summed E-state index contributed by atoms with van der Waals surface area (Å²) in [5, 5.41) is 12.2. The number of benzene rings is 2. The number of amides is 2. The van der Waals surface area contributed by atoms with Gasteiger partial charge in [-0.1, -0.05) is 54.1 Å². The number of hydrogen-bond acceptors (Lipinski definition) is 6. The lowest BCUT2D eigenvalue weighted by Gasteiger charge is -2.17. The number of likely N-dealkylation sites (N-methyl/N-ethyl adjacent to an activating group) is 1. The first kappa shape index (κ1) is 25.4. The van der Waals surface area contributed by atoms with Gasteiger partial charge in [0.15, 0.2) is 9.84 Å². The fourth-order valence-corrected chi connectivity index (χ4v) is 5.01. The molecule has 180 valence electrons. The van der Waals surface area contributed by atoms with E-state index in [9.17, 15) is 23.1 Å². The minimum absolute atomic E-state index is 0.0608. The molecule has 1 aliphatic rings. The van der Waals surface area contributed by atoms with Gasteiger partial charge in [-0.25, -0.2) is 13.2 Å². The summed E-state index contributed by atoms with van der Waals surface area (Å²) in [6.07, 6.45) is 1.90. The lowest BCUT2D eigenvalue weighted by molar-refractivity contribution is -0.125. The molecular formula is C23H25ClN4O5S. The van der Waals surface area contributed by atoms with Crippen LogP contribution >= 0.6 is 11.6 Å². The summed E-state index contributed by atoms with van der Waals surface area (Å²) in [5.74, 6) is -0.116. The normalized spacial score (nSPS) is 13.8. The van der Waals surface area contributed by atoms with Crippen LogP contribution in [0.1, 0.15) is 11.1 Å². The maximum atomic E-state index is 12.4. The van der Waals surface area contributed by atoms with Crippen LogP contribution in [-0.4, -0.2) is 73.7 Å². The van der Waals surface area contributed by atoms with E-state index < -0.39 is 15.9 Å². The molecule has 0 radical (unpaired) electrons. The van der Waals surface area contributed by atoms with Crippen molar-refractivity contribution in [3.05, 3.63) is 76.8 Å². The van der Waals surface area contributed by atoms with Gasteiger partial charge in [-0.2, -0.15) is 0 Å². The highest BCUT2D eigenvalue weighted by molar-refractivity contribution is 7.91. The van der Waals surface area contributed by atoms with Crippen LogP contribution in [0.5, 0.6) is 0 Å². The van der Waals surface area contributed by atoms with Crippen LogP contribution in [0.15, 0.2) is 70.6 Å². The Labute approximate surface area is 203 Å². The molecule has 2 N–H and O–H groups in total. The van der Waals surface area contributed by atoms with E-state index in [0.29, 0.717) is 31.0 Å². The van der Waals surface area contributed by atoms with Crippen LogP contribution in [0.4, 0.5) is 4.79 Å². The first-order valence-corrected chi connectivity index (χ1v) is 12.5. The number of nitrogens with one attached hydrogen (secondary N) is 1. The molecule has 0 aromatic heterocycles. The number of carbonyl (C=O) groups excluding carboxylic acids is 1. The van der Waals surface area contributed by atoms with Crippen molar-refractivity contribution >= 4 is 39.3 Å². The van der Waals surface area contributed by atoms with Gasteiger partial charge < -0.3 is 10.0 Å². The third-order valence-electron chi connectivity index (χ3n) is 5.07. The Morgan fingerprint density at radius 1 is 1.21 bits per heavy atom. The second-order valence-corrected chi connectivity index (χ2v) is 9.94. The van der Waals surface area contributed by atoms with E-state index >= 15 is 0 Å². The van der Waals surface area contributed by atoms with Gasteiger partial charge in [0.05, 0.1) is 23.0 Å². The Kier molecular flexibility index (Phi) is 8.43. The number of amidine groups is 1. The molecule has 1 aliphatic heterocycles. The van der Waals surface area contributed by atoms with Crippen LogP contribution in [0.3, 0.4) is 0 Å². The first-order valence-electron chi connectivity index (χ1n) is 10.4. The summed E-state index contributed by atoms with van der Waals surface area (Å²) in [4.78, 5) is 30.7. The molecule has 0 aliphatic carbocycles. The van der Waals surface area contributed by atoms with E-state index in [4.69, 9.17) is 11.6 Å². The first-order chi connectivity index (χ1) is 16.2. The summed E-state index contributed by atoms with van der Waals surface area (Å²) in [6, 6.07) is 13.4. The molecule has 2 aromatic carbocycles. The van der Waals surface area contributed by atoms with Gasteiger partial charge in [0.1, 0.15) is 11.7 Å². The van der Waals surface area contributed by atoms with Gasteiger partial charge in [-0.15, -0.1) is 0 Å². The molecule has 2 amide bonds. The molecule has 11 heteroatoms. The van der Waals surface area contributed by atoms with E-state index in [1.165, 1.54) is 28.0 Å². The topological polar surface area (TPSA) is 119 Å². The number of halogens is 1. The lowest BCUT2D eigenvalue weighted by atomic mass is 10.1. The zero-order valence-corrected chi connectivity index (χ0v) is 20.1. The second-order valence-electron chi connectivity index (χ2n) is 7.58. The standard InChI is InChI=1S/C23H25ClN4O5S/c1-27(15-17-8-10-18(11-9-17)22-26-13-14-28(22)23(30)31)21(29)7-4-12-25-16-34(32,33)20-6-3-2-5-19(20)24/h2-11,25H,12-16H2,1H3,(H,30,31)/b7-4+. The zero-order chi connectivity index (χ0) is 24.7. The quantitative estimate of drug-likeness (QED) is 0.400. The number of nitrogens with zero attached hydrogens (tertiary/aromatic N) is 3. The lowest BCUT2D eigenvalue weighted by Crippen LogP contribution is -2.33. The van der Waals surface area contributed by atoms with Crippen LogP contribution in [0.2, 0.25) is 5.02 Å². The Bertz CT molecular complexity index is 1210. The molecular weight excluding hydrogens is 480 g/mol. The highest BCUT2D eigenvalue weighted by Crippen LogP contribution is 2.21. The van der Waals surface area contributed by atoms with Crippen molar-refractivity contribution in [1.82, 2.24) is 15.1 Å². The molecule has 0 saturated carbocycles. The number of rotatable bonds is 9. The summed E-state index contributed by atoms with van der Waals surface area (Å²) in [6.45, 7) is 1.33. The Balaban J connectivity index is 1.47. The van der Waals surface area contributed by atoms with E-state index in [1.54, 1.807) is 37.4 Å². The highest BCUT2D eigenvalue weighted by Gasteiger charge is 2.24. The van der Waals surface area contributed by atoms with Crippen molar-refractivity contribution < 1.29 is 23.1 Å². The van der Waals surface area contributed by atoms with Crippen molar-refractivity contribution in [3.8, 4) is 0 Å². The summed E-state index contributed by atoms with van der Waals surface area (Å²) in [5.41, 5.74) is 1.58. The average molecular weight is 505 g/mol. The van der Waals surface area contributed by atoms with E-state index in [2.05, 4.69) is 10.3 Å². The molecule has 0 bridgehead atoms. The number of aliphatic imine (C=N–C) groups is 1. The number of hydrogen-bond donors (Lipinski definition) is 2. The SMILES string of the molecule is CN(Cc1ccc(C2=NCCN2C(=O)O)cc1)C(=O)/C=C/CNCS(=O)(=O)c1ccccc1Cl. The average Bonchev–Trinajstić information content (AvgIpc) is 3.29. The minimum Gasteiger partial charge on any atom is -0.465 e. The number of carboxylic acid groups (broad SMARTS) is 1. The van der Waals surface area contributed by atoms with Gasteiger partial charge in [0.2, 0.25) is 5.91 Å². The van der Waals surface area contributed by atoms with Crippen LogP contribution in [-0.2, 0) is 21.2 Å². The molecule has 34 heavy (non-hydrogen) atoms. The molecule has 2 aromatic rings. The Morgan fingerprint density at radius 3 is 2.59 bits per heavy atom. The monoisotopic (exact) mass is 504 g/mol. The van der Waals surface area contributed by atoms with Gasteiger partial charge in [0, 0.05) is 31.8 Å². The minimum atomic E-state index is -3.58. The maximum absolute atomic E-state index is 12.4. The maximum Gasteiger partial charge on any atom is 0.413 e. The second kappa shape index (κ2) is 11.3. The summed E-state index contributed by atoms with van der Waals surface area (Å²) in [7, 11) is -1.93. The van der Waals surface area contributed by atoms with E-state index in [1.807, 2.05) is 12.1 Å². The number of carbonyl (C=O) groups is 2. The van der Waals surface area contributed by atoms with Crippen LogP contribution in [0, 0.1) is 0 Å². The van der Waals surface area contributed by atoms with E-state index in [-0.39, 0.29) is 28.2 Å². The molecule has 0 atom stereocenters. The Morgan fingerprint density at radius 2 is 1.91 bits per heavy atom. The van der Waals surface area contributed by atoms with Crippen molar-refractivity contribution in [1.29, 1.82) is 0 Å². The molecule has 0 spiro atoms. The van der Waals surface area contributed by atoms with Gasteiger partial charge >= 0.3 is 6.09 Å². The molecule has 0 fully saturated rings. The fraction of sp³-hybridized carbons (Fsp3) is 0.261. The third kappa shape index (κ3) is 6.43. The Hall–Kier alpha value is -3.21. The molecule has 9 nitrogen and oxygen atoms in total. The zero-order valence-electron chi connectivity index (χ0n) is 18.5. The largest absolute Gasteiger partial charge is 0.465 e. The molecule has 3 rings (SSSR count). The molecule has 1 heterocycles. The van der Waals surface area contributed by atoms with Gasteiger partial charge in [-0.05, 0) is 17.7 Å². The van der Waals surface area contributed by atoms with Gasteiger partial charge in [-0.3, -0.25) is 20.0 Å². The predicted molar refractivity (Wildman–Crippen MR) is 130 cm³/mol. The summed E-state index contributed by atoms with van der Waals surface area (Å²) < 4.78 is 24.7.